The van der Waals surface area contributed by atoms with Crippen molar-refractivity contribution >= 4 is 11.8 Å². The maximum absolute atomic E-state index is 12.8. The molecule has 0 aliphatic rings. The van der Waals surface area contributed by atoms with Crippen LogP contribution >= 0.6 is 0 Å². The van der Waals surface area contributed by atoms with Crippen molar-refractivity contribution in [2.24, 2.45) is 0 Å². The SMILES string of the molecule is CN(Cc1ccc(O)cc1)C(=O)CC(NC(=O)c1ccccc1)c1ccccc1. The zero-order valence-electron chi connectivity index (χ0n) is 16.3. The van der Waals surface area contributed by atoms with Crippen LogP contribution < -0.4 is 5.32 Å². The number of nitrogens with one attached hydrogen (secondary N) is 1. The minimum Gasteiger partial charge on any atom is -0.508 e. The second-order valence-electron chi connectivity index (χ2n) is 6.92. The lowest BCUT2D eigenvalue weighted by Gasteiger charge is -2.23. The summed E-state index contributed by atoms with van der Waals surface area (Å²) in [6, 6.07) is 24.8. The number of phenolic OH excluding ortho intramolecular Hbond substituents is 1. The summed E-state index contributed by atoms with van der Waals surface area (Å²) < 4.78 is 0. The van der Waals surface area contributed by atoms with E-state index in [1.54, 1.807) is 48.3 Å². The summed E-state index contributed by atoms with van der Waals surface area (Å²) in [5.41, 5.74) is 2.35. The largest absolute Gasteiger partial charge is 0.508 e. The van der Waals surface area contributed by atoms with Crippen molar-refractivity contribution in [1.82, 2.24) is 10.2 Å². The van der Waals surface area contributed by atoms with Crippen LogP contribution in [0, 0.1) is 0 Å². The molecule has 148 valence electrons. The van der Waals surface area contributed by atoms with Crippen molar-refractivity contribution in [3.05, 3.63) is 102 Å². The van der Waals surface area contributed by atoms with Gasteiger partial charge in [0.1, 0.15) is 5.75 Å². The van der Waals surface area contributed by atoms with Crippen LogP contribution in [0.4, 0.5) is 0 Å². The molecular formula is C24H24N2O3. The first kappa shape index (κ1) is 20.1. The second-order valence-corrected chi connectivity index (χ2v) is 6.92. The van der Waals surface area contributed by atoms with Gasteiger partial charge >= 0.3 is 0 Å². The lowest BCUT2D eigenvalue weighted by Crippen LogP contribution is -2.34. The van der Waals surface area contributed by atoms with Gasteiger partial charge in [0.25, 0.3) is 5.91 Å². The fourth-order valence-electron chi connectivity index (χ4n) is 3.06. The molecule has 0 saturated carbocycles. The molecule has 0 spiro atoms. The van der Waals surface area contributed by atoms with Gasteiger partial charge in [-0.25, -0.2) is 0 Å². The van der Waals surface area contributed by atoms with Crippen LogP contribution in [0.1, 0.15) is 33.9 Å². The molecule has 2 N–H and O–H groups in total. The standard InChI is InChI=1S/C24H24N2O3/c1-26(17-18-12-14-21(27)15-13-18)23(28)16-22(19-8-4-2-5-9-19)25-24(29)20-10-6-3-7-11-20/h2-15,22,27H,16-17H2,1H3,(H,25,29). The number of rotatable bonds is 7. The molecule has 29 heavy (non-hydrogen) atoms. The average molecular weight is 388 g/mol. The number of carbonyl (C=O) groups excluding carboxylic acids is 2. The molecule has 0 fully saturated rings. The number of hydrogen-bond donors (Lipinski definition) is 2. The second kappa shape index (κ2) is 9.55. The van der Waals surface area contributed by atoms with E-state index < -0.39 is 6.04 Å². The van der Waals surface area contributed by atoms with Gasteiger partial charge in [-0.05, 0) is 35.4 Å². The average Bonchev–Trinajstić information content (AvgIpc) is 2.76. The lowest BCUT2D eigenvalue weighted by atomic mass is 10.0. The number of benzene rings is 3. The molecule has 5 heteroatoms. The minimum absolute atomic E-state index is 0.0831. The van der Waals surface area contributed by atoms with Crippen molar-refractivity contribution in [3.63, 3.8) is 0 Å². The van der Waals surface area contributed by atoms with Crippen molar-refractivity contribution in [2.75, 3.05) is 7.05 Å². The van der Waals surface area contributed by atoms with E-state index in [4.69, 9.17) is 0 Å². The molecule has 0 radical (unpaired) electrons. The Morgan fingerprint density at radius 1 is 0.897 bits per heavy atom. The third-order valence-corrected chi connectivity index (χ3v) is 4.70. The summed E-state index contributed by atoms with van der Waals surface area (Å²) >= 11 is 0. The van der Waals surface area contributed by atoms with Gasteiger partial charge in [0.2, 0.25) is 5.91 Å². The molecular weight excluding hydrogens is 364 g/mol. The van der Waals surface area contributed by atoms with Gasteiger partial charge in [-0.15, -0.1) is 0 Å². The first-order valence-corrected chi connectivity index (χ1v) is 9.45. The smallest absolute Gasteiger partial charge is 0.251 e. The molecule has 3 aromatic carbocycles. The number of aromatic hydroxyl groups is 1. The van der Waals surface area contributed by atoms with Crippen molar-refractivity contribution < 1.29 is 14.7 Å². The van der Waals surface area contributed by atoms with Crippen molar-refractivity contribution in [1.29, 1.82) is 0 Å². The Morgan fingerprint density at radius 2 is 1.48 bits per heavy atom. The number of hydrogen-bond acceptors (Lipinski definition) is 3. The Labute approximate surface area is 170 Å². The van der Waals surface area contributed by atoms with Crippen molar-refractivity contribution in [2.45, 2.75) is 19.0 Å². The van der Waals surface area contributed by atoms with Gasteiger partial charge in [-0.3, -0.25) is 9.59 Å². The van der Waals surface area contributed by atoms with Crippen LogP contribution in [0.15, 0.2) is 84.9 Å². The van der Waals surface area contributed by atoms with E-state index in [0.29, 0.717) is 12.1 Å². The maximum Gasteiger partial charge on any atom is 0.251 e. The van der Waals surface area contributed by atoms with E-state index in [1.807, 2.05) is 48.5 Å². The van der Waals surface area contributed by atoms with Crippen LogP contribution in [-0.2, 0) is 11.3 Å². The number of phenols is 1. The minimum atomic E-state index is -0.432. The van der Waals surface area contributed by atoms with E-state index >= 15 is 0 Å². The summed E-state index contributed by atoms with van der Waals surface area (Å²) in [6.45, 7) is 0.424. The molecule has 0 saturated heterocycles. The molecule has 0 aliphatic carbocycles. The fraction of sp³-hybridized carbons (Fsp3) is 0.167. The zero-order chi connectivity index (χ0) is 20.6. The summed E-state index contributed by atoms with van der Waals surface area (Å²) in [5, 5.41) is 12.4. The van der Waals surface area contributed by atoms with E-state index in [0.717, 1.165) is 11.1 Å². The van der Waals surface area contributed by atoms with E-state index in [9.17, 15) is 14.7 Å². The Bertz CT molecular complexity index is 941. The molecule has 3 rings (SSSR count). The lowest BCUT2D eigenvalue weighted by molar-refractivity contribution is -0.130. The summed E-state index contributed by atoms with van der Waals surface area (Å²) in [4.78, 5) is 27.1. The molecule has 3 aromatic rings. The van der Waals surface area contributed by atoms with E-state index in [-0.39, 0.29) is 24.0 Å². The molecule has 0 bridgehead atoms. The summed E-state index contributed by atoms with van der Waals surface area (Å²) in [5.74, 6) is -0.107. The van der Waals surface area contributed by atoms with Crippen LogP contribution in [0.3, 0.4) is 0 Å². The highest BCUT2D eigenvalue weighted by Gasteiger charge is 2.21. The van der Waals surface area contributed by atoms with Gasteiger partial charge in [0.05, 0.1) is 12.5 Å². The Morgan fingerprint density at radius 3 is 2.10 bits per heavy atom. The molecule has 2 amide bonds. The van der Waals surface area contributed by atoms with Gasteiger partial charge in [-0.1, -0.05) is 60.7 Å². The van der Waals surface area contributed by atoms with Crippen molar-refractivity contribution in [3.8, 4) is 5.75 Å². The predicted octanol–water partition coefficient (Wildman–Crippen LogP) is 3.91. The quantitative estimate of drug-likeness (QED) is 0.645. The summed E-state index contributed by atoms with van der Waals surface area (Å²) in [7, 11) is 1.73. The third-order valence-electron chi connectivity index (χ3n) is 4.70. The molecule has 0 aromatic heterocycles. The van der Waals surface area contributed by atoms with Crippen LogP contribution in [0.5, 0.6) is 5.75 Å². The molecule has 1 atom stereocenters. The highest BCUT2D eigenvalue weighted by molar-refractivity contribution is 5.94. The number of nitrogens with zero attached hydrogens (tertiary/aromatic N) is 1. The van der Waals surface area contributed by atoms with Gasteiger partial charge in [0, 0.05) is 19.2 Å². The number of amides is 2. The van der Waals surface area contributed by atoms with E-state index in [1.165, 1.54) is 0 Å². The normalized spacial score (nSPS) is 11.5. The Kier molecular flexibility index (Phi) is 6.63. The molecule has 5 nitrogen and oxygen atoms in total. The Balaban J connectivity index is 1.71. The molecule has 1 unspecified atom stereocenters. The first-order chi connectivity index (χ1) is 14.0. The zero-order valence-corrected chi connectivity index (χ0v) is 16.3. The topological polar surface area (TPSA) is 69.6 Å². The van der Waals surface area contributed by atoms with E-state index in [2.05, 4.69) is 5.32 Å². The van der Waals surface area contributed by atoms with Gasteiger partial charge < -0.3 is 15.3 Å². The monoisotopic (exact) mass is 388 g/mol. The fourth-order valence-corrected chi connectivity index (χ4v) is 3.06. The number of carbonyl (C=O) groups is 2. The van der Waals surface area contributed by atoms with Crippen LogP contribution in [-0.4, -0.2) is 28.9 Å². The Hall–Kier alpha value is -3.60. The van der Waals surface area contributed by atoms with Gasteiger partial charge in [0.15, 0.2) is 0 Å². The summed E-state index contributed by atoms with van der Waals surface area (Å²) in [6.07, 6.45) is 0.150. The highest BCUT2D eigenvalue weighted by Crippen LogP contribution is 2.19. The third kappa shape index (κ3) is 5.69. The van der Waals surface area contributed by atoms with Gasteiger partial charge in [-0.2, -0.15) is 0 Å². The molecule has 0 aliphatic heterocycles. The highest BCUT2D eigenvalue weighted by atomic mass is 16.3. The first-order valence-electron chi connectivity index (χ1n) is 9.45. The molecule has 0 heterocycles. The van der Waals surface area contributed by atoms with Crippen LogP contribution in [0.2, 0.25) is 0 Å². The predicted molar refractivity (Wildman–Crippen MR) is 112 cm³/mol. The maximum atomic E-state index is 12.8. The van der Waals surface area contributed by atoms with Crippen LogP contribution in [0.25, 0.3) is 0 Å².